The quantitative estimate of drug-likeness (QED) is 0.482. The maximum atomic E-state index is 11.8. The van der Waals surface area contributed by atoms with Gasteiger partial charge >= 0.3 is 5.97 Å². The zero-order valence-corrected chi connectivity index (χ0v) is 15.5. The summed E-state index contributed by atoms with van der Waals surface area (Å²) < 4.78 is 16.1. The van der Waals surface area contributed by atoms with E-state index in [9.17, 15) is 9.90 Å². The molecule has 3 rings (SSSR count). The highest BCUT2D eigenvalue weighted by molar-refractivity contribution is 6.20. The van der Waals surface area contributed by atoms with E-state index in [1.165, 1.54) is 0 Å². The van der Waals surface area contributed by atoms with E-state index in [0.29, 0.717) is 34.3 Å². The molecule has 0 aliphatic rings. The number of carboxylic acid groups (broad SMARTS) is 1. The number of pyridine rings is 1. The highest BCUT2D eigenvalue weighted by Crippen LogP contribution is 2.28. The van der Waals surface area contributed by atoms with Crippen molar-refractivity contribution in [3.8, 4) is 23.1 Å². The summed E-state index contributed by atoms with van der Waals surface area (Å²) >= 11 is 0. The van der Waals surface area contributed by atoms with E-state index in [1.54, 1.807) is 81.1 Å². The second kappa shape index (κ2) is 8.73. The fraction of sp³-hybridized carbons (Fsp3) is 0.0909. The van der Waals surface area contributed by atoms with Crippen LogP contribution in [0.5, 0.6) is 23.1 Å². The second-order valence-corrected chi connectivity index (χ2v) is 5.80. The van der Waals surface area contributed by atoms with E-state index in [-0.39, 0.29) is 5.57 Å². The summed E-state index contributed by atoms with van der Waals surface area (Å²) in [7, 11) is 3.08. The number of aliphatic carboxylic acids is 1. The van der Waals surface area contributed by atoms with Gasteiger partial charge in [0.15, 0.2) is 0 Å². The molecule has 0 aliphatic carbocycles. The zero-order chi connectivity index (χ0) is 19.9. The fourth-order valence-corrected chi connectivity index (χ4v) is 2.58. The average molecular weight is 377 g/mol. The van der Waals surface area contributed by atoms with Crippen molar-refractivity contribution in [2.45, 2.75) is 0 Å². The molecule has 0 spiro atoms. The molecule has 0 atom stereocenters. The lowest BCUT2D eigenvalue weighted by Gasteiger charge is -2.09. The van der Waals surface area contributed by atoms with Gasteiger partial charge in [-0.3, -0.25) is 0 Å². The van der Waals surface area contributed by atoms with Gasteiger partial charge in [-0.2, -0.15) is 0 Å². The Kier molecular flexibility index (Phi) is 5.91. The molecule has 0 aliphatic heterocycles. The second-order valence-electron chi connectivity index (χ2n) is 5.80. The molecule has 0 radical (unpaired) electrons. The van der Waals surface area contributed by atoms with Gasteiger partial charge in [-0.1, -0.05) is 18.2 Å². The van der Waals surface area contributed by atoms with Crippen LogP contribution in [0.3, 0.4) is 0 Å². The summed E-state index contributed by atoms with van der Waals surface area (Å²) in [5.41, 5.74) is 1.34. The molecule has 0 saturated carbocycles. The number of rotatable bonds is 7. The summed E-state index contributed by atoms with van der Waals surface area (Å²) in [4.78, 5) is 15.9. The Hall–Kier alpha value is -3.80. The Morgan fingerprint density at radius 3 is 2.14 bits per heavy atom. The first-order chi connectivity index (χ1) is 13.6. The average Bonchev–Trinajstić information content (AvgIpc) is 2.73. The van der Waals surface area contributed by atoms with Crippen LogP contribution in [-0.4, -0.2) is 30.3 Å². The van der Waals surface area contributed by atoms with Crippen LogP contribution in [0.25, 0.3) is 11.6 Å². The summed E-state index contributed by atoms with van der Waals surface area (Å²) in [6, 6.07) is 17.4. The van der Waals surface area contributed by atoms with Crippen molar-refractivity contribution in [3.05, 3.63) is 78.0 Å². The topological polar surface area (TPSA) is 77.9 Å². The third-order valence-electron chi connectivity index (χ3n) is 3.94. The molecular formula is C22H19NO5. The molecule has 28 heavy (non-hydrogen) atoms. The number of hydrogen-bond donors (Lipinski definition) is 1. The van der Waals surface area contributed by atoms with Crippen LogP contribution in [0, 0.1) is 0 Å². The summed E-state index contributed by atoms with van der Waals surface area (Å²) in [5, 5.41) is 9.67. The molecule has 6 nitrogen and oxygen atoms in total. The Bertz CT molecular complexity index is 959. The van der Waals surface area contributed by atoms with E-state index >= 15 is 0 Å². The SMILES string of the molecule is COc1cc(C=C(C(=O)O)c2ccc(Oc3ccccn3)cc2)cc(OC)c1. The lowest BCUT2D eigenvalue weighted by molar-refractivity contribution is -0.130. The Labute approximate surface area is 162 Å². The van der Waals surface area contributed by atoms with Crippen LogP contribution in [-0.2, 0) is 4.79 Å². The lowest BCUT2D eigenvalue weighted by atomic mass is 10.0. The molecule has 2 aromatic carbocycles. The molecule has 0 saturated heterocycles. The monoisotopic (exact) mass is 377 g/mol. The maximum Gasteiger partial charge on any atom is 0.336 e. The molecule has 3 aromatic rings. The van der Waals surface area contributed by atoms with Gasteiger partial charge in [0.2, 0.25) is 5.88 Å². The van der Waals surface area contributed by atoms with E-state index < -0.39 is 5.97 Å². The lowest BCUT2D eigenvalue weighted by Crippen LogP contribution is -2.00. The van der Waals surface area contributed by atoms with Crippen molar-refractivity contribution >= 4 is 17.6 Å². The number of hydrogen-bond acceptors (Lipinski definition) is 5. The van der Waals surface area contributed by atoms with Crippen molar-refractivity contribution in [1.82, 2.24) is 4.98 Å². The van der Waals surface area contributed by atoms with Gasteiger partial charge in [0.25, 0.3) is 0 Å². The zero-order valence-electron chi connectivity index (χ0n) is 15.5. The van der Waals surface area contributed by atoms with Gasteiger partial charge in [-0.25, -0.2) is 9.78 Å². The third kappa shape index (κ3) is 4.67. The van der Waals surface area contributed by atoms with Crippen molar-refractivity contribution < 1.29 is 24.1 Å². The molecule has 0 amide bonds. The molecule has 0 bridgehead atoms. The highest BCUT2D eigenvalue weighted by Gasteiger charge is 2.12. The smallest absolute Gasteiger partial charge is 0.336 e. The van der Waals surface area contributed by atoms with Gasteiger partial charge < -0.3 is 19.3 Å². The van der Waals surface area contributed by atoms with Crippen LogP contribution in [0.4, 0.5) is 0 Å². The minimum atomic E-state index is -1.04. The summed E-state index contributed by atoms with van der Waals surface area (Å²) in [6.07, 6.45) is 3.21. The number of carbonyl (C=O) groups is 1. The minimum absolute atomic E-state index is 0.139. The van der Waals surface area contributed by atoms with Crippen LogP contribution < -0.4 is 14.2 Å². The summed E-state index contributed by atoms with van der Waals surface area (Å²) in [6.45, 7) is 0. The predicted molar refractivity (Wildman–Crippen MR) is 106 cm³/mol. The number of aromatic nitrogens is 1. The van der Waals surface area contributed by atoms with Crippen molar-refractivity contribution in [2.24, 2.45) is 0 Å². The predicted octanol–water partition coefficient (Wildman–Crippen LogP) is 4.52. The molecule has 1 heterocycles. The highest BCUT2D eigenvalue weighted by atomic mass is 16.5. The Balaban J connectivity index is 1.90. The van der Waals surface area contributed by atoms with Crippen LogP contribution in [0.1, 0.15) is 11.1 Å². The Morgan fingerprint density at radius 2 is 1.61 bits per heavy atom. The van der Waals surface area contributed by atoms with Gasteiger partial charge in [0.1, 0.15) is 17.2 Å². The third-order valence-corrected chi connectivity index (χ3v) is 3.94. The van der Waals surface area contributed by atoms with Crippen molar-refractivity contribution in [1.29, 1.82) is 0 Å². The number of methoxy groups -OCH3 is 2. The standard InChI is InChI=1S/C22H19NO5/c1-26-18-11-15(12-19(14-18)27-2)13-20(22(24)25)16-6-8-17(9-7-16)28-21-5-3-4-10-23-21/h3-14H,1-2H3,(H,24,25). The normalized spacial score (nSPS) is 11.0. The first-order valence-corrected chi connectivity index (χ1v) is 8.46. The molecule has 1 aromatic heterocycles. The van der Waals surface area contributed by atoms with E-state index in [4.69, 9.17) is 14.2 Å². The van der Waals surface area contributed by atoms with E-state index in [0.717, 1.165) is 0 Å². The molecule has 0 fully saturated rings. The van der Waals surface area contributed by atoms with Crippen molar-refractivity contribution in [2.75, 3.05) is 14.2 Å². The maximum absolute atomic E-state index is 11.8. The number of nitrogens with zero attached hydrogens (tertiary/aromatic N) is 1. The van der Waals surface area contributed by atoms with Crippen molar-refractivity contribution in [3.63, 3.8) is 0 Å². The molecular weight excluding hydrogens is 358 g/mol. The molecule has 1 N–H and O–H groups in total. The van der Waals surface area contributed by atoms with Gasteiger partial charge in [0.05, 0.1) is 19.8 Å². The van der Waals surface area contributed by atoms with Crippen LogP contribution in [0.15, 0.2) is 66.9 Å². The van der Waals surface area contributed by atoms with Gasteiger partial charge in [0, 0.05) is 18.3 Å². The molecule has 0 unspecified atom stereocenters. The van der Waals surface area contributed by atoms with E-state index in [1.807, 2.05) is 6.07 Å². The first-order valence-electron chi connectivity index (χ1n) is 8.46. The van der Waals surface area contributed by atoms with Gasteiger partial charge in [-0.15, -0.1) is 0 Å². The number of benzene rings is 2. The molecule has 142 valence electrons. The van der Waals surface area contributed by atoms with Gasteiger partial charge in [-0.05, 0) is 47.5 Å². The molecule has 6 heteroatoms. The number of ether oxygens (including phenoxy) is 3. The number of carboxylic acids is 1. The first kappa shape index (κ1) is 19.0. The van der Waals surface area contributed by atoms with Crippen LogP contribution >= 0.6 is 0 Å². The fourth-order valence-electron chi connectivity index (χ4n) is 2.58. The largest absolute Gasteiger partial charge is 0.497 e. The Morgan fingerprint density at radius 1 is 0.929 bits per heavy atom. The van der Waals surface area contributed by atoms with Crippen LogP contribution in [0.2, 0.25) is 0 Å². The van der Waals surface area contributed by atoms with E-state index in [2.05, 4.69) is 4.98 Å². The summed E-state index contributed by atoms with van der Waals surface area (Å²) in [5.74, 6) is 1.15. The minimum Gasteiger partial charge on any atom is -0.497 e.